The van der Waals surface area contributed by atoms with E-state index in [1.807, 2.05) is 0 Å². The van der Waals surface area contributed by atoms with Gasteiger partial charge in [-0.15, -0.1) is 0 Å². The minimum Gasteiger partial charge on any atom is -0.292 e. The highest BCUT2D eigenvalue weighted by molar-refractivity contribution is 6.05. The Labute approximate surface area is 79.2 Å². The van der Waals surface area contributed by atoms with Gasteiger partial charge < -0.3 is 0 Å². The molecule has 74 valence electrons. The van der Waals surface area contributed by atoms with Gasteiger partial charge in [0.05, 0.1) is 0 Å². The first-order valence-electron chi connectivity index (χ1n) is 4.27. The van der Waals surface area contributed by atoms with Gasteiger partial charge in [0.1, 0.15) is 0 Å². The first-order chi connectivity index (χ1) is 5.79. The molecule has 0 spiro atoms. The average molecular weight is 183 g/mol. The number of carbonyl (C=O) groups excluding carboxylic acids is 2. The van der Waals surface area contributed by atoms with Crippen molar-refractivity contribution in [1.82, 2.24) is 5.32 Å². The molecule has 0 rings (SSSR count). The summed E-state index contributed by atoms with van der Waals surface area (Å²) in [5.74, 6) is -0.568. The largest absolute Gasteiger partial charge is 0.292 e. The quantitative estimate of drug-likeness (QED) is 0.628. The van der Waals surface area contributed by atoms with Gasteiger partial charge in [0, 0.05) is 11.0 Å². The lowest BCUT2D eigenvalue weighted by atomic mass is 9.95. The Bertz CT molecular complexity index is 246. The van der Waals surface area contributed by atoms with E-state index in [-0.39, 0.29) is 11.8 Å². The molecule has 1 N–H and O–H groups in total. The van der Waals surface area contributed by atoms with E-state index < -0.39 is 5.41 Å². The molecular formula is C10H17NO2. The minimum atomic E-state index is -0.524. The van der Waals surface area contributed by atoms with Crippen molar-refractivity contribution in [3.05, 3.63) is 11.6 Å². The molecule has 0 unspecified atom stereocenters. The lowest BCUT2D eigenvalue weighted by Gasteiger charge is -2.16. The molecule has 0 aliphatic rings. The molecule has 0 aromatic rings. The summed E-state index contributed by atoms with van der Waals surface area (Å²) in [7, 11) is 0. The zero-order valence-corrected chi connectivity index (χ0v) is 8.89. The minimum absolute atomic E-state index is 0.251. The molecule has 0 aliphatic carbocycles. The fourth-order valence-electron chi connectivity index (χ4n) is 0.520. The number of imide groups is 1. The highest BCUT2D eigenvalue weighted by Gasteiger charge is 2.23. The smallest absolute Gasteiger partial charge is 0.253 e. The molecule has 0 aromatic heterocycles. The van der Waals surface area contributed by atoms with Crippen LogP contribution in [0.1, 0.15) is 34.6 Å². The monoisotopic (exact) mass is 183 g/mol. The van der Waals surface area contributed by atoms with Crippen LogP contribution >= 0.6 is 0 Å². The van der Waals surface area contributed by atoms with Crippen molar-refractivity contribution in [3.63, 3.8) is 0 Å². The van der Waals surface area contributed by atoms with Crippen LogP contribution in [0.15, 0.2) is 11.6 Å². The van der Waals surface area contributed by atoms with Crippen LogP contribution in [0.2, 0.25) is 0 Å². The fourth-order valence-corrected chi connectivity index (χ4v) is 0.520. The van der Waals surface area contributed by atoms with Gasteiger partial charge in [-0.3, -0.25) is 14.9 Å². The number of rotatable bonds is 1. The second-order valence-corrected chi connectivity index (χ2v) is 4.00. The normalized spacial score (nSPS) is 12.5. The predicted molar refractivity (Wildman–Crippen MR) is 52.0 cm³/mol. The van der Waals surface area contributed by atoms with Gasteiger partial charge in [0.15, 0.2) is 0 Å². The van der Waals surface area contributed by atoms with Gasteiger partial charge in [-0.25, -0.2) is 0 Å². The first-order valence-corrected chi connectivity index (χ1v) is 4.27. The lowest BCUT2D eigenvalue weighted by molar-refractivity contribution is -0.133. The molecule has 3 nitrogen and oxygen atoms in total. The van der Waals surface area contributed by atoms with Gasteiger partial charge in [0.2, 0.25) is 5.91 Å². The maximum absolute atomic E-state index is 11.3. The summed E-state index contributed by atoms with van der Waals surface area (Å²) in [6, 6.07) is 0. The molecule has 0 radical (unpaired) electrons. The highest BCUT2D eigenvalue weighted by Crippen LogP contribution is 2.12. The van der Waals surface area contributed by atoms with E-state index in [9.17, 15) is 9.59 Å². The summed E-state index contributed by atoms with van der Waals surface area (Å²) in [5.41, 5.74) is 0.0292. The van der Waals surface area contributed by atoms with Crippen LogP contribution < -0.4 is 5.32 Å². The molecule has 3 heteroatoms. The second kappa shape index (κ2) is 4.21. The molecule has 0 saturated carbocycles. The molecule has 0 heterocycles. The van der Waals surface area contributed by atoms with E-state index in [0.717, 1.165) is 0 Å². The summed E-state index contributed by atoms with van der Waals surface area (Å²) < 4.78 is 0. The SMILES string of the molecule is C/C=C(/C)C(=O)NC(=O)C(C)(C)C. The van der Waals surface area contributed by atoms with Gasteiger partial charge >= 0.3 is 0 Å². The van der Waals surface area contributed by atoms with Crippen LogP contribution in [0.25, 0.3) is 0 Å². The third kappa shape index (κ3) is 3.87. The van der Waals surface area contributed by atoms with Crippen molar-refractivity contribution in [1.29, 1.82) is 0 Å². The third-order valence-corrected chi connectivity index (χ3v) is 1.70. The number of carbonyl (C=O) groups is 2. The van der Waals surface area contributed by atoms with Crippen molar-refractivity contribution in [2.75, 3.05) is 0 Å². The van der Waals surface area contributed by atoms with E-state index in [2.05, 4.69) is 5.32 Å². The summed E-state index contributed by atoms with van der Waals surface area (Å²) in [5, 5.41) is 2.32. The van der Waals surface area contributed by atoms with Crippen molar-refractivity contribution < 1.29 is 9.59 Å². The Morgan fingerprint density at radius 3 is 2.00 bits per heavy atom. The Morgan fingerprint density at radius 2 is 1.69 bits per heavy atom. The maximum atomic E-state index is 11.3. The number of hydrogen-bond acceptors (Lipinski definition) is 2. The van der Waals surface area contributed by atoms with Gasteiger partial charge in [0.25, 0.3) is 5.91 Å². The molecule has 2 amide bonds. The van der Waals surface area contributed by atoms with Crippen LogP contribution in [0.4, 0.5) is 0 Å². The van der Waals surface area contributed by atoms with Gasteiger partial charge in [-0.05, 0) is 13.8 Å². The maximum Gasteiger partial charge on any atom is 0.253 e. The number of hydrogen-bond donors (Lipinski definition) is 1. The summed E-state index contributed by atoms with van der Waals surface area (Å²) in [6.07, 6.45) is 1.67. The number of allylic oxidation sites excluding steroid dienone is 1. The number of nitrogens with one attached hydrogen (secondary N) is 1. The van der Waals surface area contributed by atoms with Crippen molar-refractivity contribution in [2.45, 2.75) is 34.6 Å². The Kier molecular flexibility index (Phi) is 3.85. The Morgan fingerprint density at radius 1 is 1.23 bits per heavy atom. The van der Waals surface area contributed by atoms with E-state index >= 15 is 0 Å². The molecular weight excluding hydrogens is 166 g/mol. The van der Waals surface area contributed by atoms with Crippen LogP contribution in [-0.2, 0) is 9.59 Å². The zero-order valence-electron chi connectivity index (χ0n) is 8.89. The van der Waals surface area contributed by atoms with Gasteiger partial charge in [-0.1, -0.05) is 26.8 Å². The first kappa shape index (κ1) is 11.9. The van der Waals surface area contributed by atoms with E-state index in [1.54, 1.807) is 40.7 Å². The molecule has 0 bridgehead atoms. The van der Waals surface area contributed by atoms with Crippen molar-refractivity contribution >= 4 is 11.8 Å². The average Bonchev–Trinajstić information content (AvgIpc) is 2.01. The predicted octanol–water partition coefficient (Wildman–Crippen LogP) is 1.64. The Balaban J connectivity index is 4.33. The topological polar surface area (TPSA) is 46.2 Å². The molecule has 0 fully saturated rings. The zero-order chi connectivity index (χ0) is 10.6. The summed E-state index contributed by atoms with van der Waals surface area (Å²) in [4.78, 5) is 22.6. The van der Waals surface area contributed by atoms with Crippen LogP contribution in [-0.4, -0.2) is 11.8 Å². The fraction of sp³-hybridized carbons (Fsp3) is 0.600. The van der Waals surface area contributed by atoms with Gasteiger partial charge in [-0.2, -0.15) is 0 Å². The summed E-state index contributed by atoms with van der Waals surface area (Å²) >= 11 is 0. The van der Waals surface area contributed by atoms with Crippen LogP contribution in [0.5, 0.6) is 0 Å². The molecule has 0 aliphatic heterocycles. The summed E-state index contributed by atoms with van der Waals surface area (Å²) in [6.45, 7) is 8.73. The third-order valence-electron chi connectivity index (χ3n) is 1.70. The van der Waals surface area contributed by atoms with Crippen molar-refractivity contribution in [3.8, 4) is 0 Å². The number of amides is 2. The Hall–Kier alpha value is -1.12. The molecule has 0 saturated heterocycles. The van der Waals surface area contributed by atoms with Crippen molar-refractivity contribution in [2.24, 2.45) is 5.41 Å². The highest BCUT2D eigenvalue weighted by atomic mass is 16.2. The standard InChI is InChI=1S/C10H17NO2/c1-6-7(2)8(12)11-9(13)10(3,4)5/h6H,1-5H3,(H,11,12,13)/b7-6-. The van der Waals surface area contributed by atoms with E-state index in [4.69, 9.17) is 0 Å². The van der Waals surface area contributed by atoms with E-state index in [1.165, 1.54) is 0 Å². The van der Waals surface area contributed by atoms with E-state index in [0.29, 0.717) is 5.57 Å². The molecule has 13 heavy (non-hydrogen) atoms. The molecule has 0 aromatic carbocycles. The molecule has 0 atom stereocenters. The lowest BCUT2D eigenvalue weighted by Crippen LogP contribution is -2.39. The van der Waals surface area contributed by atoms with Crippen LogP contribution in [0, 0.1) is 5.41 Å². The van der Waals surface area contributed by atoms with Crippen LogP contribution in [0.3, 0.4) is 0 Å². The second-order valence-electron chi connectivity index (χ2n) is 4.00.